The molecular weight excluding hydrogens is 217 g/mol. The SMILES string of the molecule is CCCN(CCC)C(C)c1ccc(O)cc1F. The summed E-state index contributed by atoms with van der Waals surface area (Å²) in [5.74, 6) is -0.342. The van der Waals surface area contributed by atoms with Crippen molar-refractivity contribution < 1.29 is 9.50 Å². The van der Waals surface area contributed by atoms with Gasteiger partial charge in [0.1, 0.15) is 11.6 Å². The fourth-order valence-corrected chi connectivity index (χ4v) is 2.13. The van der Waals surface area contributed by atoms with Crippen molar-refractivity contribution >= 4 is 0 Å². The van der Waals surface area contributed by atoms with Crippen LogP contribution in [0.2, 0.25) is 0 Å². The van der Waals surface area contributed by atoms with Crippen molar-refractivity contribution in [1.82, 2.24) is 4.90 Å². The molecule has 17 heavy (non-hydrogen) atoms. The zero-order chi connectivity index (χ0) is 12.8. The number of hydrogen-bond donors (Lipinski definition) is 1. The van der Waals surface area contributed by atoms with Gasteiger partial charge in [-0.15, -0.1) is 0 Å². The Morgan fingerprint density at radius 3 is 2.29 bits per heavy atom. The zero-order valence-corrected chi connectivity index (χ0v) is 10.9. The number of nitrogens with zero attached hydrogens (tertiary/aromatic N) is 1. The summed E-state index contributed by atoms with van der Waals surface area (Å²) < 4.78 is 13.8. The van der Waals surface area contributed by atoms with Crippen LogP contribution in [0.25, 0.3) is 0 Å². The molecule has 0 aromatic heterocycles. The molecule has 1 aromatic carbocycles. The molecule has 0 aliphatic heterocycles. The van der Waals surface area contributed by atoms with E-state index in [1.54, 1.807) is 12.1 Å². The summed E-state index contributed by atoms with van der Waals surface area (Å²) in [7, 11) is 0. The number of halogens is 1. The van der Waals surface area contributed by atoms with Crippen LogP contribution in [0.5, 0.6) is 5.75 Å². The molecule has 0 aliphatic rings. The molecule has 0 fully saturated rings. The van der Waals surface area contributed by atoms with Crippen molar-refractivity contribution in [2.24, 2.45) is 0 Å². The molecule has 1 atom stereocenters. The van der Waals surface area contributed by atoms with Gasteiger partial charge in [0.25, 0.3) is 0 Å². The highest BCUT2D eigenvalue weighted by Gasteiger charge is 2.17. The molecule has 0 bridgehead atoms. The fourth-order valence-electron chi connectivity index (χ4n) is 2.13. The van der Waals surface area contributed by atoms with E-state index >= 15 is 0 Å². The lowest BCUT2D eigenvalue weighted by atomic mass is 10.1. The molecule has 0 radical (unpaired) electrons. The number of hydrogen-bond acceptors (Lipinski definition) is 2. The van der Waals surface area contributed by atoms with E-state index in [9.17, 15) is 9.50 Å². The first-order valence-electron chi connectivity index (χ1n) is 6.32. The monoisotopic (exact) mass is 239 g/mol. The summed E-state index contributed by atoms with van der Waals surface area (Å²) in [6.45, 7) is 8.20. The Morgan fingerprint density at radius 2 is 1.82 bits per heavy atom. The topological polar surface area (TPSA) is 23.5 Å². The van der Waals surface area contributed by atoms with Gasteiger partial charge in [-0.1, -0.05) is 19.9 Å². The minimum atomic E-state index is -0.324. The Labute approximate surface area is 103 Å². The predicted octanol–water partition coefficient (Wildman–Crippen LogP) is 3.71. The third-order valence-corrected chi connectivity index (χ3v) is 3.00. The lowest BCUT2D eigenvalue weighted by Gasteiger charge is -2.29. The van der Waals surface area contributed by atoms with Crippen molar-refractivity contribution in [2.75, 3.05) is 13.1 Å². The summed E-state index contributed by atoms with van der Waals surface area (Å²) in [6, 6.07) is 4.45. The standard InChI is InChI=1S/C14H22FNO/c1-4-8-16(9-5-2)11(3)13-7-6-12(17)10-14(13)15/h6-7,10-11,17H,4-5,8-9H2,1-3H3. The molecule has 1 unspecified atom stereocenters. The number of benzene rings is 1. The Hall–Kier alpha value is -1.09. The average Bonchev–Trinajstić information content (AvgIpc) is 2.28. The second-order valence-electron chi connectivity index (χ2n) is 4.42. The van der Waals surface area contributed by atoms with E-state index in [0.29, 0.717) is 5.56 Å². The quantitative estimate of drug-likeness (QED) is 0.818. The number of rotatable bonds is 6. The molecule has 0 spiro atoms. The molecule has 2 nitrogen and oxygen atoms in total. The van der Waals surface area contributed by atoms with E-state index in [1.807, 2.05) is 6.92 Å². The van der Waals surface area contributed by atoms with E-state index in [1.165, 1.54) is 6.07 Å². The maximum Gasteiger partial charge on any atom is 0.131 e. The summed E-state index contributed by atoms with van der Waals surface area (Å²) >= 11 is 0. The van der Waals surface area contributed by atoms with E-state index in [-0.39, 0.29) is 17.6 Å². The van der Waals surface area contributed by atoms with Crippen LogP contribution in [0.1, 0.15) is 45.2 Å². The van der Waals surface area contributed by atoms with Gasteiger partial charge in [0, 0.05) is 17.7 Å². The van der Waals surface area contributed by atoms with Crippen molar-refractivity contribution in [3.63, 3.8) is 0 Å². The first kappa shape index (κ1) is 14.0. The molecule has 1 rings (SSSR count). The van der Waals surface area contributed by atoms with Crippen molar-refractivity contribution in [3.05, 3.63) is 29.6 Å². The highest BCUT2D eigenvalue weighted by Crippen LogP contribution is 2.25. The molecule has 1 N–H and O–H groups in total. The molecule has 0 saturated carbocycles. The first-order valence-corrected chi connectivity index (χ1v) is 6.32. The van der Waals surface area contributed by atoms with Gasteiger partial charge < -0.3 is 5.11 Å². The maximum atomic E-state index is 13.8. The molecule has 0 saturated heterocycles. The van der Waals surface area contributed by atoms with Gasteiger partial charge in [-0.3, -0.25) is 4.90 Å². The number of phenols is 1. The third-order valence-electron chi connectivity index (χ3n) is 3.00. The van der Waals surface area contributed by atoms with Gasteiger partial charge in [0.05, 0.1) is 0 Å². The number of phenolic OH excluding ortho intramolecular Hbond substituents is 1. The van der Waals surface area contributed by atoms with Gasteiger partial charge >= 0.3 is 0 Å². The minimum absolute atomic E-state index is 0.0176. The van der Waals surface area contributed by atoms with E-state index in [0.717, 1.165) is 25.9 Å². The average molecular weight is 239 g/mol. The molecule has 96 valence electrons. The second-order valence-corrected chi connectivity index (χ2v) is 4.42. The van der Waals surface area contributed by atoms with Crippen LogP contribution in [0.3, 0.4) is 0 Å². The van der Waals surface area contributed by atoms with Crippen LogP contribution in [-0.4, -0.2) is 23.1 Å². The molecule has 3 heteroatoms. The van der Waals surface area contributed by atoms with Crippen LogP contribution in [0.15, 0.2) is 18.2 Å². The van der Waals surface area contributed by atoms with E-state index in [4.69, 9.17) is 0 Å². The van der Waals surface area contributed by atoms with Crippen LogP contribution in [-0.2, 0) is 0 Å². The smallest absolute Gasteiger partial charge is 0.131 e. The van der Waals surface area contributed by atoms with Crippen molar-refractivity contribution in [1.29, 1.82) is 0 Å². The minimum Gasteiger partial charge on any atom is -0.508 e. The Kier molecular flexibility index (Phi) is 5.42. The highest BCUT2D eigenvalue weighted by atomic mass is 19.1. The van der Waals surface area contributed by atoms with E-state index in [2.05, 4.69) is 18.7 Å². The highest BCUT2D eigenvalue weighted by molar-refractivity contribution is 5.29. The van der Waals surface area contributed by atoms with Crippen LogP contribution >= 0.6 is 0 Å². The summed E-state index contributed by atoms with van der Waals surface area (Å²) in [6.07, 6.45) is 2.12. The fraction of sp³-hybridized carbons (Fsp3) is 0.571. The second kappa shape index (κ2) is 6.60. The zero-order valence-electron chi connectivity index (χ0n) is 10.9. The Balaban J connectivity index is 2.88. The normalized spacial score (nSPS) is 13.0. The van der Waals surface area contributed by atoms with Gasteiger partial charge in [-0.25, -0.2) is 4.39 Å². The van der Waals surface area contributed by atoms with Crippen LogP contribution in [0.4, 0.5) is 4.39 Å². The molecule has 0 aliphatic carbocycles. The van der Waals surface area contributed by atoms with Crippen molar-refractivity contribution in [3.8, 4) is 5.75 Å². The Morgan fingerprint density at radius 1 is 1.24 bits per heavy atom. The maximum absolute atomic E-state index is 13.8. The lowest BCUT2D eigenvalue weighted by molar-refractivity contribution is 0.207. The van der Waals surface area contributed by atoms with Gasteiger partial charge in [-0.05, 0) is 38.9 Å². The molecule has 1 aromatic rings. The summed E-state index contributed by atoms with van der Waals surface area (Å²) in [4.78, 5) is 2.27. The molecule has 0 heterocycles. The summed E-state index contributed by atoms with van der Waals surface area (Å²) in [5, 5.41) is 9.21. The van der Waals surface area contributed by atoms with Gasteiger partial charge in [0.2, 0.25) is 0 Å². The first-order chi connectivity index (χ1) is 8.10. The lowest BCUT2D eigenvalue weighted by Crippen LogP contribution is -2.29. The predicted molar refractivity (Wildman–Crippen MR) is 68.6 cm³/mol. The van der Waals surface area contributed by atoms with Crippen LogP contribution < -0.4 is 0 Å². The van der Waals surface area contributed by atoms with Crippen molar-refractivity contribution in [2.45, 2.75) is 39.7 Å². The third kappa shape index (κ3) is 3.70. The van der Waals surface area contributed by atoms with Gasteiger partial charge in [0.15, 0.2) is 0 Å². The molecule has 0 amide bonds. The molecular formula is C14H22FNO. The van der Waals surface area contributed by atoms with Crippen LogP contribution in [0, 0.1) is 5.82 Å². The number of aromatic hydroxyl groups is 1. The Bertz CT molecular complexity index is 348. The van der Waals surface area contributed by atoms with E-state index < -0.39 is 0 Å². The largest absolute Gasteiger partial charge is 0.508 e. The summed E-state index contributed by atoms with van der Waals surface area (Å²) in [5.41, 5.74) is 0.657. The van der Waals surface area contributed by atoms with Gasteiger partial charge in [-0.2, -0.15) is 0 Å².